The van der Waals surface area contributed by atoms with E-state index in [0.29, 0.717) is 6.04 Å². The Morgan fingerprint density at radius 2 is 1.86 bits per heavy atom. The number of rotatable bonds is 5. The van der Waals surface area contributed by atoms with Crippen LogP contribution in [0.4, 0.5) is 11.4 Å². The Hall–Kier alpha value is -1.10. The summed E-state index contributed by atoms with van der Waals surface area (Å²) in [4.78, 5) is 0. The minimum absolute atomic E-state index is 0. The lowest BCUT2D eigenvalue weighted by Crippen LogP contribution is -3.00. The van der Waals surface area contributed by atoms with Gasteiger partial charge < -0.3 is 23.5 Å². The molecule has 1 unspecified atom stereocenters. The second-order valence-electron chi connectivity index (χ2n) is 4.65. The molecular formula is C14H23Cl3N4. The number of nitrogen functional groups attached to an aromatic ring is 1. The van der Waals surface area contributed by atoms with E-state index in [2.05, 4.69) is 40.1 Å². The molecule has 0 aliphatic carbocycles. The molecule has 0 saturated carbocycles. The molecule has 2 rings (SSSR count). The van der Waals surface area contributed by atoms with Crippen molar-refractivity contribution < 1.29 is 17.0 Å². The molecule has 0 radical (unpaired) electrons. The predicted octanol–water partition coefficient (Wildman–Crippen LogP) is -0.367. The van der Waals surface area contributed by atoms with E-state index in [4.69, 9.17) is 5.73 Å². The summed E-state index contributed by atoms with van der Waals surface area (Å²) in [5.74, 6) is 0. The summed E-state index contributed by atoms with van der Waals surface area (Å²) in [5, 5.41) is 3.53. The lowest BCUT2D eigenvalue weighted by molar-refractivity contribution is -0.671. The van der Waals surface area contributed by atoms with E-state index in [1.807, 2.05) is 31.3 Å². The van der Waals surface area contributed by atoms with Crippen molar-refractivity contribution in [3.63, 3.8) is 0 Å². The quantitative estimate of drug-likeness (QED) is 0.569. The molecule has 0 aliphatic rings. The number of nitrogens with zero attached hydrogens (tertiary/aromatic N) is 2. The first-order valence-electron chi connectivity index (χ1n) is 6.30. The Morgan fingerprint density at radius 3 is 2.33 bits per heavy atom. The second-order valence-corrected chi connectivity index (χ2v) is 4.65. The van der Waals surface area contributed by atoms with Gasteiger partial charge in [0.25, 0.3) is 0 Å². The molecule has 0 spiro atoms. The summed E-state index contributed by atoms with van der Waals surface area (Å²) in [6.07, 6.45) is 7.31. The molecule has 7 heteroatoms. The molecule has 1 heterocycles. The van der Waals surface area contributed by atoms with Crippen molar-refractivity contribution in [1.29, 1.82) is 0 Å². The third-order valence-corrected chi connectivity index (χ3v) is 3.03. The van der Waals surface area contributed by atoms with Crippen LogP contribution in [-0.2, 0) is 13.6 Å². The van der Waals surface area contributed by atoms with Crippen molar-refractivity contribution in [1.82, 2.24) is 4.57 Å². The number of aryl methyl sites for hydroxylation is 1. The van der Waals surface area contributed by atoms with Crippen LogP contribution in [0.5, 0.6) is 0 Å². The number of nitrogens with one attached hydrogen (secondary N) is 1. The first-order valence-corrected chi connectivity index (χ1v) is 6.30. The van der Waals surface area contributed by atoms with Crippen LogP contribution in [0, 0.1) is 0 Å². The van der Waals surface area contributed by atoms with Crippen LogP contribution in [0.3, 0.4) is 0 Å². The maximum absolute atomic E-state index is 5.68. The number of imidazole rings is 1. The average molecular weight is 354 g/mol. The zero-order chi connectivity index (χ0) is 13.0. The molecule has 0 bridgehead atoms. The third-order valence-electron chi connectivity index (χ3n) is 3.03. The van der Waals surface area contributed by atoms with Crippen molar-refractivity contribution in [2.75, 3.05) is 11.1 Å². The monoisotopic (exact) mass is 352 g/mol. The fraction of sp³-hybridized carbons (Fsp3) is 0.357. The maximum Gasteiger partial charge on any atom is 0.243 e. The molecule has 1 atom stereocenters. The SMILES string of the molecule is CCC(Cn1cc[n+](C)c1)Nc1ccc(N)cc1.Cl.Cl.[Cl-]. The van der Waals surface area contributed by atoms with E-state index in [-0.39, 0.29) is 37.2 Å². The maximum atomic E-state index is 5.68. The van der Waals surface area contributed by atoms with Gasteiger partial charge in [-0.2, -0.15) is 0 Å². The highest BCUT2D eigenvalue weighted by Gasteiger charge is 2.10. The minimum Gasteiger partial charge on any atom is -1.00 e. The van der Waals surface area contributed by atoms with Crippen molar-refractivity contribution in [3.05, 3.63) is 43.0 Å². The van der Waals surface area contributed by atoms with E-state index < -0.39 is 0 Å². The van der Waals surface area contributed by atoms with Crippen molar-refractivity contribution in [2.45, 2.75) is 25.9 Å². The van der Waals surface area contributed by atoms with Crippen molar-refractivity contribution >= 4 is 36.2 Å². The smallest absolute Gasteiger partial charge is 0.243 e. The molecule has 1 aromatic heterocycles. The lowest BCUT2D eigenvalue weighted by Gasteiger charge is -2.16. The number of benzene rings is 1. The second kappa shape index (κ2) is 10.6. The molecule has 0 amide bonds. The van der Waals surface area contributed by atoms with Crippen LogP contribution >= 0.6 is 24.8 Å². The van der Waals surface area contributed by atoms with Crippen molar-refractivity contribution in [2.24, 2.45) is 7.05 Å². The zero-order valence-corrected chi connectivity index (χ0v) is 14.6. The highest BCUT2D eigenvalue weighted by Crippen LogP contribution is 2.13. The Balaban J connectivity index is 0. The molecule has 120 valence electrons. The molecule has 0 saturated heterocycles. The number of halogens is 3. The Bertz CT molecular complexity index is 499. The van der Waals surface area contributed by atoms with Crippen LogP contribution in [0.2, 0.25) is 0 Å². The van der Waals surface area contributed by atoms with Gasteiger partial charge in [-0.15, -0.1) is 24.8 Å². The van der Waals surface area contributed by atoms with Gasteiger partial charge in [0, 0.05) is 11.4 Å². The molecule has 2 aromatic rings. The first-order chi connectivity index (χ1) is 8.67. The van der Waals surface area contributed by atoms with Gasteiger partial charge in [-0.3, -0.25) is 0 Å². The first kappa shape index (κ1) is 22.2. The number of anilines is 2. The van der Waals surface area contributed by atoms with Crippen LogP contribution in [0.1, 0.15) is 13.3 Å². The number of aromatic nitrogens is 2. The summed E-state index contributed by atoms with van der Waals surface area (Å²) < 4.78 is 4.24. The molecule has 21 heavy (non-hydrogen) atoms. The largest absolute Gasteiger partial charge is 1.00 e. The third kappa shape index (κ3) is 6.93. The molecule has 0 fully saturated rings. The number of hydrogen-bond acceptors (Lipinski definition) is 2. The molecular weight excluding hydrogens is 331 g/mol. The Kier molecular flexibility index (Phi) is 11.2. The van der Waals surface area contributed by atoms with Crippen LogP contribution in [0.15, 0.2) is 43.0 Å². The summed E-state index contributed by atoms with van der Waals surface area (Å²) in [7, 11) is 2.03. The topological polar surface area (TPSA) is 46.9 Å². The normalized spacial score (nSPS) is 10.6. The zero-order valence-electron chi connectivity index (χ0n) is 12.2. The van der Waals surface area contributed by atoms with Crippen LogP contribution < -0.4 is 28.0 Å². The fourth-order valence-electron chi connectivity index (χ4n) is 1.96. The number of hydrogen-bond donors (Lipinski definition) is 2. The van der Waals surface area contributed by atoms with Gasteiger partial charge in [-0.1, -0.05) is 6.92 Å². The number of nitrogens with two attached hydrogens (primary N) is 1. The van der Waals surface area contributed by atoms with Gasteiger partial charge in [-0.05, 0) is 30.7 Å². The predicted molar refractivity (Wildman–Crippen MR) is 88.7 cm³/mol. The van der Waals surface area contributed by atoms with Gasteiger partial charge in [0.1, 0.15) is 18.9 Å². The van der Waals surface area contributed by atoms with E-state index in [9.17, 15) is 0 Å². The van der Waals surface area contributed by atoms with Gasteiger partial charge in [0.2, 0.25) is 6.33 Å². The summed E-state index contributed by atoms with van der Waals surface area (Å²) >= 11 is 0. The Morgan fingerprint density at radius 1 is 1.24 bits per heavy atom. The Labute approximate surface area is 145 Å². The molecule has 3 N–H and O–H groups in total. The lowest BCUT2D eigenvalue weighted by atomic mass is 10.2. The van der Waals surface area contributed by atoms with Gasteiger partial charge in [0.05, 0.1) is 13.1 Å². The van der Waals surface area contributed by atoms with E-state index in [1.165, 1.54) is 0 Å². The molecule has 1 aromatic carbocycles. The van der Waals surface area contributed by atoms with Gasteiger partial charge in [-0.25, -0.2) is 9.13 Å². The van der Waals surface area contributed by atoms with Crippen LogP contribution in [-0.4, -0.2) is 10.6 Å². The van der Waals surface area contributed by atoms with Crippen molar-refractivity contribution in [3.8, 4) is 0 Å². The molecule has 0 aliphatic heterocycles. The summed E-state index contributed by atoms with van der Waals surface area (Å²) in [5.41, 5.74) is 7.60. The highest BCUT2D eigenvalue weighted by atomic mass is 35.5. The van der Waals surface area contributed by atoms with E-state index in [0.717, 1.165) is 24.3 Å². The minimum atomic E-state index is 0. The summed E-state index contributed by atoms with van der Waals surface area (Å²) in [6, 6.07) is 8.30. The highest BCUT2D eigenvalue weighted by molar-refractivity contribution is 5.85. The van der Waals surface area contributed by atoms with Gasteiger partial charge in [0.15, 0.2) is 0 Å². The summed E-state index contributed by atoms with van der Waals surface area (Å²) in [6.45, 7) is 3.15. The average Bonchev–Trinajstić information content (AvgIpc) is 2.77. The van der Waals surface area contributed by atoms with Gasteiger partial charge >= 0.3 is 0 Å². The standard InChI is InChI=1S/C14H21N4.3ClH/c1-3-13(10-18-9-8-17(2)11-18)16-14-6-4-12(15)5-7-14;;;/h4-9,11,13,16H,3,10,15H2,1-2H3;3*1H/q+1;;;/p-1. The van der Waals surface area contributed by atoms with E-state index >= 15 is 0 Å². The van der Waals surface area contributed by atoms with E-state index in [1.54, 1.807) is 0 Å². The molecule has 4 nitrogen and oxygen atoms in total. The fourth-order valence-corrected chi connectivity index (χ4v) is 1.96. The van der Waals surface area contributed by atoms with Crippen LogP contribution in [0.25, 0.3) is 0 Å².